The third kappa shape index (κ3) is 3.60. The largest absolute Gasteiger partial charge is 0.298 e. The van der Waals surface area contributed by atoms with E-state index in [0.29, 0.717) is 33.6 Å². The summed E-state index contributed by atoms with van der Waals surface area (Å²) >= 11 is 6.26. The predicted molar refractivity (Wildman–Crippen MR) is 120 cm³/mol. The number of para-hydroxylation sites is 1. The molecule has 0 saturated carbocycles. The number of carbonyl (C=O) groups is 1. The Labute approximate surface area is 190 Å². The number of fused-ring (bicyclic) bond motifs is 1. The second kappa shape index (κ2) is 8.07. The Morgan fingerprint density at radius 3 is 2.52 bits per heavy atom. The van der Waals surface area contributed by atoms with E-state index < -0.39 is 17.2 Å². The van der Waals surface area contributed by atoms with Crippen LogP contribution in [-0.2, 0) is 0 Å². The van der Waals surface area contributed by atoms with Crippen LogP contribution < -0.4 is 5.56 Å². The molecule has 0 N–H and O–H groups in total. The molecule has 0 saturated heterocycles. The third-order valence-corrected chi connectivity index (χ3v) is 5.40. The van der Waals surface area contributed by atoms with Gasteiger partial charge in [-0.25, -0.2) is 13.8 Å². The second-order valence-electron chi connectivity index (χ2n) is 7.15. The van der Waals surface area contributed by atoms with Gasteiger partial charge in [0.25, 0.3) is 5.56 Å². The number of nitrogens with zero attached hydrogens (tertiary/aromatic N) is 4. The van der Waals surface area contributed by atoms with Crippen molar-refractivity contribution in [3.63, 3.8) is 0 Å². The van der Waals surface area contributed by atoms with E-state index in [1.165, 1.54) is 22.8 Å². The summed E-state index contributed by atoms with van der Waals surface area (Å²) in [6, 6.07) is 17.4. The lowest BCUT2D eigenvalue weighted by atomic mass is 10.2. The summed E-state index contributed by atoms with van der Waals surface area (Å²) in [5, 5.41) is 4.77. The molecule has 2 heterocycles. The molecule has 0 aliphatic rings. The maximum absolute atomic E-state index is 14.7. The van der Waals surface area contributed by atoms with Gasteiger partial charge in [0.15, 0.2) is 5.82 Å². The van der Waals surface area contributed by atoms with Crippen molar-refractivity contribution in [2.45, 2.75) is 0 Å². The van der Waals surface area contributed by atoms with Crippen LogP contribution >= 0.6 is 11.6 Å². The molecule has 0 amide bonds. The lowest BCUT2D eigenvalue weighted by molar-refractivity contribution is 0.112. The fourth-order valence-corrected chi connectivity index (χ4v) is 3.79. The summed E-state index contributed by atoms with van der Waals surface area (Å²) in [6.07, 6.45) is 0.673. The summed E-state index contributed by atoms with van der Waals surface area (Å²) in [5.41, 5.74) is 1.26. The molecule has 33 heavy (non-hydrogen) atoms. The first-order valence-electron chi connectivity index (χ1n) is 9.75. The Morgan fingerprint density at radius 1 is 0.939 bits per heavy atom. The molecule has 0 aliphatic heterocycles. The molecule has 2 aromatic heterocycles. The van der Waals surface area contributed by atoms with Crippen molar-refractivity contribution in [3.05, 3.63) is 105 Å². The first-order chi connectivity index (χ1) is 16.0. The van der Waals surface area contributed by atoms with Gasteiger partial charge in [0.1, 0.15) is 23.7 Å². The average molecular weight is 463 g/mol. The van der Waals surface area contributed by atoms with Gasteiger partial charge in [0.2, 0.25) is 0 Å². The van der Waals surface area contributed by atoms with E-state index in [-0.39, 0.29) is 17.2 Å². The minimum absolute atomic E-state index is 0.0255. The molecule has 9 heteroatoms. The molecule has 5 rings (SSSR count). The number of imidazole rings is 1. The Hall–Kier alpha value is -4.17. The van der Waals surface area contributed by atoms with Crippen LogP contribution in [0, 0.1) is 11.6 Å². The standard InChI is InChI=1S/C24H13ClF2N4O2/c25-17-3-1-2-4-20(17)31-23(33)10-9-22(29-31)30-21-8-5-14(13-32)11-19(21)28-24(30)16-7-6-15(26)12-18(16)27/h1-13H. The summed E-state index contributed by atoms with van der Waals surface area (Å²) < 4.78 is 30.9. The van der Waals surface area contributed by atoms with Gasteiger partial charge in [0, 0.05) is 17.7 Å². The summed E-state index contributed by atoms with van der Waals surface area (Å²) in [4.78, 5) is 28.3. The SMILES string of the molecule is O=Cc1ccc2c(c1)nc(-c1ccc(F)cc1F)n2-c1ccc(=O)n(-c2ccccc2Cl)n1. The van der Waals surface area contributed by atoms with Crippen LogP contribution in [0.1, 0.15) is 10.4 Å². The molecule has 3 aromatic carbocycles. The van der Waals surface area contributed by atoms with Gasteiger partial charge in [-0.3, -0.25) is 14.2 Å². The summed E-state index contributed by atoms with van der Waals surface area (Å²) in [5.74, 6) is -1.17. The molecule has 162 valence electrons. The summed E-state index contributed by atoms with van der Waals surface area (Å²) in [6.45, 7) is 0. The molecule has 6 nitrogen and oxygen atoms in total. The van der Waals surface area contributed by atoms with Gasteiger partial charge in [-0.15, -0.1) is 5.10 Å². The molecular formula is C24H13ClF2N4O2. The number of aldehydes is 1. The van der Waals surface area contributed by atoms with Crippen LogP contribution in [-0.4, -0.2) is 25.6 Å². The number of hydrogen-bond donors (Lipinski definition) is 0. The summed E-state index contributed by atoms with van der Waals surface area (Å²) in [7, 11) is 0. The fourth-order valence-electron chi connectivity index (χ4n) is 3.57. The minimum Gasteiger partial charge on any atom is -0.298 e. The fraction of sp³-hybridized carbons (Fsp3) is 0. The van der Waals surface area contributed by atoms with Crippen LogP contribution in [0.3, 0.4) is 0 Å². The Bertz CT molecular complexity index is 1610. The second-order valence-corrected chi connectivity index (χ2v) is 7.56. The van der Waals surface area contributed by atoms with Crippen LogP contribution in [0.2, 0.25) is 5.02 Å². The van der Waals surface area contributed by atoms with E-state index in [9.17, 15) is 18.4 Å². The topological polar surface area (TPSA) is 69.8 Å². The quantitative estimate of drug-likeness (QED) is 0.353. The van der Waals surface area contributed by atoms with E-state index in [2.05, 4.69) is 10.1 Å². The molecular weight excluding hydrogens is 450 g/mol. The number of benzene rings is 3. The van der Waals surface area contributed by atoms with Gasteiger partial charge >= 0.3 is 0 Å². The minimum atomic E-state index is -0.818. The van der Waals surface area contributed by atoms with Gasteiger partial charge in [-0.05, 0) is 48.5 Å². The number of aromatic nitrogens is 4. The van der Waals surface area contributed by atoms with E-state index in [1.54, 1.807) is 42.5 Å². The third-order valence-electron chi connectivity index (χ3n) is 5.08. The highest BCUT2D eigenvalue weighted by atomic mass is 35.5. The molecule has 0 aliphatic carbocycles. The first kappa shape index (κ1) is 20.7. The van der Waals surface area contributed by atoms with Crippen LogP contribution in [0.4, 0.5) is 8.78 Å². The Balaban J connectivity index is 1.82. The predicted octanol–water partition coefficient (Wildman–Crippen LogP) is 4.98. The molecule has 5 aromatic rings. The smallest absolute Gasteiger partial charge is 0.271 e. The van der Waals surface area contributed by atoms with Gasteiger partial charge in [-0.2, -0.15) is 4.68 Å². The Morgan fingerprint density at radius 2 is 1.76 bits per heavy atom. The van der Waals surface area contributed by atoms with Gasteiger partial charge < -0.3 is 0 Å². The van der Waals surface area contributed by atoms with Crippen molar-refractivity contribution in [2.24, 2.45) is 0 Å². The molecule has 0 spiro atoms. The molecule has 0 fully saturated rings. The van der Waals surface area contributed by atoms with Crippen molar-refractivity contribution in [2.75, 3.05) is 0 Å². The van der Waals surface area contributed by atoms with Gasteiger partial charge in [0.05, 0.1) is 27.3 Å². The highest BCUT2D eigenvalue weighted by Crippen LogP contribution is 2.30. The average Bonchev–Trinajstić information content (AvgIpc) is 3.18. The lowest BCUT2D eigenvalue weighted by Crippen LogP contribution is -2.22. The number of halogens is 3. The van der Waals surface area contributed by atoms with Crippen LogP contribution in [0.25, 0.3) is 33.9 Å². The van der Waals surface area contributed by atoms with Crippen molar-refractivity contribution < 1.29 is 13.6 Å². The highest BCUT2D eigenvalue weighted by molar-refractivity contribution is 6.32. The number of rotatable bonds is 4. The number of hydrogen-bond acceptors (Lipinski definition) is 4. The van der Waals surface area contributed by atoms with Crippen molar-refractivity contribution in [1.82, 2.24) is 19.3 Å². The van der Waals surface area contributed by atoms with E-state index in [4.69, 9.17) is 11.6 Å². The molecule has 0 atom stereocenters. The number of carbonyl (C=O) groups excluding carboxylic acids is 1. The zero-order valence-electron chi connectivity index (χ0n) is 16.7. The monoisotopic (exact) mass is 462 g/mol. The zero-order valence-corrected chi connectivity index (χ0v) is 17.5. The van der Waals surface area contributed by atoms with E-state index in [1.807, 2.05) is 0 Å². The maximum atomic E-state index is 14.7. The van der Waals surface area contributed by atoms with Crippen LogP contribution in [0.5, 0.6) is 0 Å². The van der Waals surface area contributed by atoms with Crippen LogP contribution in [0.15, 0.2) is 77.6 Å². The van der Waals surface area contributed by atoms with Crippen molar-refractivity contribution in [3.8, 4) is 22.9 Å². The van der Waals surface area contributed by atoms with E-state index in [0.717, 1.165) is 16.8 Å². The van der Waals surface area contributed by atoms with Gasteiger partial charge in [-0.1, -0.05) is 23.7 Å². The molecule has 0 bridgehead atoms. The lowest BCUT2D eigenvalue weighted by Gasteiger charge is -2.12. The first-order valence-corrected chi connectivity index (χ1v) is 10.1. The van der Waals surface area contributed by atoms with Crippen molar-refractivity contribution >= 4 is 28.9 Å². The normalized spacial score (nSPS) is 11.1. The van der Waals surface area contributed by atoms with E-state index >= 15 is 0 Å². The maximum Gasteiger partial charge on any atom is 0.271 e. The highest BCUT2D eigenvalue weighted by Gasteiger charge is 2.20. The van der Waals surface area contributed by atoms with Crippen molar-refractivity contribution in [1.29, 1.82) is 0 Å². The molecule has 0 unspecified atom stereocenters. The zero-order chi connectivity index (χ0) is 23.1. The molecule has 0 radical (unpaired) electrons. The Kier molecular flexibility index (Phi) is 5.07.